The minimum absolute atomic E-state index is 0.383. The molecule has 0 unspecified atom stereocenters. The zero-order valence-electron chi connectivity index (χ0n) is 11.1. The molecule has 1 atom stereocenters. The fourth-order valence-corrected chi connectivity index (χ4v) is 2.68. The summed E-state index contributed by atoms with van der Waals surface area (Å²) >= 11 is 1.79. The Kier molecular flexibility index (Phi) is 4.43. The molecule has 0 saturated carbocycles. The van der Waals surface area contributed by atoms with Gasteiger partial charge in [-0.25, -0.2) is 9.97 Å². The summed E-state index contributed by atoms with van der Waals surface area (Å²) in [7, 11) is 0. The van der Waals surface area contributed by atoms with Crippen LogP contribution in [0.4, 0.5) is 0 Å². The maximum atomic E-state index is 4.53. The molecule has 0 radical (unpaired) electrons. The summed E-state index contributed by atoms with van der Waals surface area (Å²) < 4.78 is 1.84. The monoisotopic (exact) mass is 265 g/mol. The van der Waals surface area contributed by atoms with Crippen LogP contribution in [-0.4, -0.2) is 32.3 Å². The standard InChI is InChI=1S/C12H19N5S/c1-9(6-17-8-13-7-15-17)14-5-4-12-16-10(2)11(3)18-12/h7-9,14H,4-6H2,1-3H3/t9-/m1/s1. The van der Waals surface area contributed by atoms with E-state index in [1.165, 1.54) is 9.88 Å². The SMILES string of the molecule is Cc1nc(CCN[C@H](C)Cn2cncn2)sc1C. The van der Waals surface area contributed by atoms with Crippen LogP contribution < -0.4 is 5.32 Å². The van der Waals surface area contributed by atoms with Gasteiger partial charge in [0.2, 0.25) is 0 Å². The highest BCUT2D eigenvalue weighted by atomic mass is 32.1. The van der Waals surface area contributed by atoms with Gasteiger partial charge in [0.05, 0.1) is 17.2 Å². The summed E-state index contributed by atoms with van der Waals surface area (Å²) in [6.45, 7) is 8.13. The molecule has 98 valence electrons. The summed E-state index contributed by atoms with van der Waals surface area (Å²) in [4.78, 5) is 9.79. The summed E-state index contributed by atoms with van der Waals surface area (Å²) in [6, 6.07) is 0.383. The van der Waals surface area contributed by atoms with Crippen molar-refractivity contribution in [1.29, 1.82) is 0 Å². The van der Waals surface area contributed by atoms with E-state index in [9.17, 15) is 0 Å². The van der Waals surface area contributed by atoms with Crippen molar-refractivity contribution in [3.63, 3.8) is 0 Å². The van der Waals surface area contributed by atoms with Gasteiger partial charge in [-0.2, -0.15) is 5.10 Å². The highest BCUT2D eigenvalue weighted by molar-refractivity contribution is 7.11. The molecule has 0 saturated heterocycles. The first kappa shape index (κ1) is 13.2. The topological polar surface area (TPSA) is 55.6 Å². The Hall–Kier alpha value is -1.27. The van der Waals surface area contributed by atoms with Crippen LogP contribution in [0.3, 0.4) is 0 Å². The zero-order chi connectivity index (χ0) is 13.0. The lowest BCUT2D eigenvalue weighted by Gasteiger charge is -2.12. The first-order valence-electron chi connectivity index (χ1n) is 6.14. The van der Waals surface area contributed by atoms with Gasteiger partial charge in [-0.1, -0.05) is 0 Å². The molecule has 0 aromatic carbocycles. The fourth-order valence-electron chi connectivity index (χ4n) is 1.74. The number of aryl methyl sites for hydroxylation is 2. The molecule has 0 amide bonds. The molecule has 1 N–H and O–H groups in total. The molecule has 2 aromatic rings. The lowest BCUT2D eigenvalue weighted by molar-refractivity contribution is 0.453. The summed E-state index contributed by atoms with van der Waals surface area (Å²) in [5, 5.41) is 8.78. The van der Waals surface area contributed by atoms with Crippen molar-refractivity contribution in [3.05, 3.63) is 28.2 Å². The predicted molar refractivity (Wildman–Crippen MR) is 72.8 cm³/mol. The molecule has 0 fully saturated rings. The molecule has 2 heterocycles. The third-order valence-electron chi connectivity index (χ3n) is 2.83. The Balaban J connectivity index is 1.71. The summed E-state index contributed by atoms with van der Waals surface area (Å²) in [6.07, 6.45) is 4.29. The van der Waals surface area contributed by atoms with E-state index in [1.54, 1.807) is 24.0 Å². The quantitative estimate of drug-likeness (QED) is 0.861. The molecule has 5 nitrogen and oxygen atoms in total. The van der Waals surface area contributed by atoms with Gasteiger partial charge in [0.25, 0.3) is 0 Å². The maximum Gasteiger partial charge on any atom is 0.137 e. The Morgan fingerprint density at radius 2 is 2.28 bits per heavy atom. The van der Waals surface area contributed by atoms with E-state index in [1.807, 2.05) is 4.68 Å². The molecule has 0 aliphatic rings. The van der Waals surface area contributed by atoms with Crippen LogP contribution in [0, 0.1) is 13.8 Å². The van der Waals surface area contributed by atoms with E-state index >= 15 is 0 Å². The summed E-state index contributed by atoms with van der Waals surface area (Å²) in [5.41, 5.74) is 1.16. The molecule has 2 aromatic heterocycles. The van der Waals surface area contributed by atoms with Crippen molar-refractivity contribution in [2.24, 2.45) is 0 Å². The highest BCUT2D eigenvalue weighted by Crippen LogP contribution is 2.16. The molecule has 18 heavy (non-hydrogen) atoms. The molecular weight excluding hydrogens is 246 g/mol. The second-order valence-corrected chi connectivity index (χ2v) is 5.76. The second kappa shape index (κ2) is 6.06. The smallest absolute Gasteiger partial charge is 0.137 e. The van der Waals surface area contributed by atoms with Crippen LogP contribution in [0.2, 0.25) is 0 Å². The maximum absolute atomic E-state index is 4.53. The van der Waals surface area contributed by atoms with Gasteiger partial charge in [-0.15, -0.1) is 11.3 Å². The highest BCUT2D eigenvalue weighted by Gasteiger charge is 2.05. The van der Waals surface area contributed by atoms with Crippen LogP contribution in [0.15, 0.2) is 12.7 Å². The summed E-state index contributed by atoms with van der Waals surface area (Å²) in [5.74, 6) is 0. The Labute approximate surface area is 111 Å². The Morgan fingerprint density at radius 3 is 2.89 bits per heavy atom. The minimum Gasteiger partial charge on any atom is -0.312 e. The molecule has 2 rings (SSSR count). The second-order valence-electron chi connectivity index (χ2n) is 4.47. The number of rotatable bonds is 6. The van der Waals surface area contributed by atoms with Crippen LogP contribution >= 0.6 is 11.3 Å². The number of nitrogens with zero attached hydrogens (tertiary/aromatic N) is 4. The van der Waals surface area contributed by atoms with Gasteiger partial charge >= 0.3 is 0 Å². The van der Waals surface area contributed by atoms with E-state index in [0.29, 0.717) is 6.04 Å². The third-order valence-corrected chi connectivity index (χ3v) is 3.96. The van der Waals surface area contributed by atoms with Crippen molar-refractivity contribution >= 4 is 11.3 Å². The first-order chi connectivity index (χ1) is 8.65. The van der Waals surface area contributed by atoms with Gasteiger partial charge < -0.3 is 5.32 Å². The van der Waals surface area contributed by atoms with Gasteiger partial charge in [0, 0.05) is 23.9 Å². The van der Waals surface area contributed by atoms with Crippen molar-refractivity contribution in [3.8, 4) is 0 Å². The van der Waals surface area contributed by atoms with Gasteiger partial charge in [-0.3, -0.25) is 4.68 Å². The van der Waals surface area contributed by atoms with E-state index in [0.717, 1.165) is 25.2 Å². The van der Waals surface area contributed by atoms with E-state index < -0.39 is 0 Å². The van der Waals surface area contributed by atoms with Crippen molar-refractivity contribution in [1.82, 2.24) is 25.1 Å². The predicted octanol–water partition coefficient (Wildman–Crippen LogP) is 1.57. The number of nitrogens with one attached hydrogen (secondary N) is 1. The van der Waals surface area contributed by atoms with Crippen molar-refractivity contribution in [2.75, 3.05) is 6.54 Å². The number of hydrogen-bond acceptors (Lipinski definition) is 5. The van der Waals surface area contributed by atoms with Crippen LogP contribution in [-0.2, 0) is 13.0 Å². The average Bonchev–Trinajstić information content (AvgIpc) is 2.90. The van der Waals surface area contributed by atoms with Gasteiger partial charge in [0.1, 0.15) is 12.7 Å². The molecule has 0 spiro atoms. The normalized spacial score (nSPS) is 12.8. The molecule has 0 aliphatic heterocycles. The fraction of sp³-hybridized carbons (Fsp3) is 0.583. The van der Waals surface area contributed by atoms with Crippen LogP contribution in [0.1, 0.15) is 22.5 Å². The van der Waals surface area contributed by atoms with E-state index in [4.69, 9.17) is 0 Å². The molecule has 6 heteroatoms. The number of thiazole rings is 1. The van der Waals surface area contributed by atoms with Crippen molar-refractivity contribution < 1.29 is 0 Å². The Bertz CT molecular complexity index is 457. The van der Waals surface area contributed by atoms with E-state index in [-0.39, 0.29) is 0 Å². The van der Waals surface area contributed by atoms with Crippen molar-refractivity contribution in [2.45, 2.75) is 39.8 Å². The van der Waals surface area contributed by atoms with E-state index in [2.05, 4.69) is 41.2 Å². The van der Waals surface area contributed by atoms with Gasteiger partial charge in [0.15, 0.2) is 0 Å². The minimum atomic E-state index is 0.383. The third kappa shape index (κ3) is 3.61. The molecular formula is C12H19N5S. The van der Waals surface area contributed by atoms with Crippen LogP contribution in [0.5, 0.6) is 0 Å². The molecule has 0 aliphatic carbocycles. The molecule has 0 bridgehead atoms. The Morgan fingerprint density at radius 1 is 1.44 bits per heavy atom. The number of hydrogen-bond donors (Lipinski definition) is 1. The lowest BCUT2D eigenvalue weighted by atomic mass is 10.3. The van der Waals surface area contributed by atoms with Gasteiger partial charge in [-0.05, 0) is 20.8 Å². The average molecular weight is 265 g/mol. The lowest BCUT2D eigenvalue weighted by Crippen LogP contribution is -2.32. The zero-order valence-corrected chi connectivity index (χ0v) is 11.9. The first-order valence-corrected chi connectivity index (χ1v) is 6.95. The van der Waals surface area contributed by atoms with Crippen LogP contribution in [0.25, 0.3) is 0 Å². The number of aromatic nitrogens is 4. The largest absolute Gasteiger partial charge is 0.312 e.